The van der Waals surface area contributed by atoms with Gasteiger partial charge in [-0.05, 0) is 91.4 Å². The Kier molecular flexibility index (Phi) is 7.10. The Morgan fingerprint density at radius 1 is 1.00 bits per heavy atom. The Balaban J connectivity index is 1.17. The van der Waals surface area contributed by atoms with E-state index in [1.165, 1.54) is 12.2 Å². The summed E-state index contributed by atoms with van der Waals surface area (Å²) in [6.07, 6.45) is 2.87. The topological polar surface area (TPSA) is 80.3 Å². The summed E-state index contributed by atoms with van der Waals surface area (Å²) in [6.45, 7) is 2.01. The Morgan fingerprint density at radius 3 is 2.62 bits per heavy atom. The summed E-state index contributed by atoms with van der Waals surface area (Å²) < 4.78 is 11.6. The van der Waals surface area contributed by atoms with Crippen LogP contribution in [0.2, 0.25) is 10.0 Å². The predicted octanol–water partition coefficient (Wildman–Crippen LogP) is 7.90. The number of benzene rings is 3. The molecule has 0 radical (unpaired) electrons. The van der Waals surface area contributed by atoms with Gasteiger partial charge in [0.25, 0.3) is 0 Å². The Labute approximate surface area is 227 Å². The zero-order valence-corrected chi connectivity index (χ0v) is 21.7. The van der Waals surface area contributed by atoms with E-state index in [2.05, 4.69) is 15.6 Å². The Hall–Kier alpha value is -3.91. The highest BCUT2D eigenvalue weighted by Crippen LogP contribution is 2.34. The highest BCUT2D eigenvalue weighted by Gasteiger charge is 2.11. The van der Waals surface area contributed by atoms with Gasteiger partial charge < -0.3 is 14.2 Å². The van der Waals surface area contributed by atoms with E-state index < -0.39 is 5.91 Å². The lowest BCUT2D eigenvalue weighted by Crippen LogP contribution is -2.32. The maximum Gasteiger partial charge on any atom is 0.250 e. The first-order valence-electron chi connectivity index (χ1n) is 11.2. The molecule has 1 amide bonds. The van der Waals surface area contributed by atoms with Crippen molar-refractivity contribution in [3.63, 3.8) is 0 Å². The maximum absolute atomic E-state index is 12.3. The van der Waals surface area contributed by atoms with Crippen molar-refractivity contribution in [2.45, 2.75) is 6.92 Å². The zero-order chi connectivity index (χ0) is 25.9. The number of thiocarbonyl (C=S) groups is 1. The molecule has 0 fully saturated rings. The van der Waals surface area contributed by atoms with Crippen LogP contribution in [0.5, 0.6) is 0 Å². The van der Waals surface area contributed by atoms with Gasteiger partial charge in [0.1, 0.15) is 17.0 Å². The number of nitrogens with one attached hydrogen (secondary N) is 2. The lowest BCUT2D eigenvalue weighted by molar-refractivity contribution is -0.115. The van der Waals surface area contributed by atoms with E-state index >= 15 is 0 Å². The molecule has 0 unspecified atom stereocenters. The van der Waals surface area contributed by atoms with Crippen LogP contribution in [0.15, 0.2) is 87.7 Å². The van der Waals surface area contributed by atoms with Crippen molar-refractivity contribution < 1.29 is 13.6 Å². The number of halogens is 2. The second-order valence-electron chi connectivity index (χ2n) is 8.15. The average molecular weight is 548 g/mol. The molecule has 37 heavy (non-hydrogen) atoms. The fourth-order valence-electron chi connectivity index (χ4n) is 3.61. The summed E-state index contributed by atoms with van der Waals surface area (Å²) in [5, 5.41) is 6.59. The van der Waals surface area contributed by atoms with Gasteiger partial charge in [0.2, 0.25) is 11.8 Å². The van der Waals surface area contributed by atoms with Crippen molar-refractivity contribution in [3.8, 4) is 22.8 Å². The molecule has 0 saturated carbocycles. The van der Waals surface area contributed by atoms with Gasteiger partial charge in [-0.15, -0.1) is 0 Å². The van der Waals surface area contributed by atoms with Gasteiger partial charge in [-0.2, -0.15) is 0 Å². The molecule has 3 aromatic carbocycles. The Morgan fingerprint density at radius 2 is 1.81 bits per heavy atom. The molecule has 2 N–H and O–H groups in total. The number of oxazole rings is 1. The SMILES string of the molecule is Cc1ccc2oc(-c3ccc(NC(=S)NC(=O)C=Cc4ccc(-c5cccc(Cl)c5Cl)o4)cc3)nc2c1. The third kappa shape index (κ3) is 5.75. The number of anilines is 1. The summed E-state index contributed by atoms with van der Waals surface area (Å²) in [5.74, 6) is 1.15. The van der Waals surface area contributed by atoms with Gasteiger partial charge in [0.05, 0.1) is 10.0 Å². The van der Waals surface area contributed by atoms with E-state index in [1.54, 1.807) is 30.3 Å². The standard InChI is InChI=1S/C28H19Cl2N3O3S/c1-16-5-12-24-22(15-16)32-27(36-24)17-6-8-18(9-7-17)31-28(37)33-25(34)14-11-19-10-13-23(35-19)20-3-2-4-21(29)26(20)30/h2-15H,1H3,(H2,31,33,34,37). The molecule has 2 heterocycles. The fraction of sp³-hybridized carbons (Fsp3) is 0.0357. The second kappa shape index (κ2) is 10.6. The van der Waals surface area contributed by atoms with Crippen LogP contribution in [0.3, 0.4) is 0 Å². The molecule has 0 spiro atoms. The van der Waals surface area contributed by atoms with E-state index in [1.807, 2.05) is 49.4 Å². The van der Waals surface area contributed by atoms with Gasteiger partial charge >= 0.3 is 0 Å². The summed E-state index contributed by atoms with van der Waals surface area (Å²) >= 11 is 17.6. The molecule has 0 aliphatic heterocycles. The quantitative estimate of drug-likeness (QED) is 0.172. The van der Waals surface area contributed by atoms with Crippen LogP contribution in [0, 0.1) is 6.92 Å². The van der Waals surface area contributed by atoms with Crippen LogP contribution in [-0.2, 0) is 4.79 Å². The third-order valence-electron chi connectivity index (χ3n) is 5.41. The number of aromatic nitrogens is 1. The van der Waals surface area contributed by atoms with Crippen LogP contribution < -0.4 is 10.6 Å². The van der Waals surface area contributed by atoms with Crippen molar-refractivity contribution in [1.82, 2.24) is 10.3 Å². The number of amides is 1. The third-order valence-corrected chi connectivity index (χ3v) is 6.44. The first-order valence-corrected chi connectivity index (χ1v) is 12.3. The van der Waals surface area contributed by atoms with Crippen molar-refractivity contribution in [1.29, 1.82) is 0 Å². The normalized spacial score (nSPS) is 11.2. The van der Waals surface area contributed by atoms with E-state index in [9.17, 15) is 4.79 Å². The van der Waals surface area contributed by atoms with Crippen LogP contribution in [0.25, 0.3) is 40.0 Å². The van der Waals surface area contributed by atoms with E-state index in [-0.39, 0.29) is 5.11 Å². The predicted molar refractivity (Wildman–Crippen MR) is 152 cm³/mol. The average Bonchev–Trinajstić information content (AvgIpc) is 3.52. The minimum atomic E-state index is -0.408. The number of aryl methyl sites for hydroxylation is 1. The Bertz CT molecular complexity index is 1660. The van der Waals surface area contributed by atoms with E-state index in [0.717, 1.165) is 22.2 Å². The largest absolute Gasteiger partial charge is 0.457 e. The molecular formula is C28H19Cl2N3O3S. The lowest BCUT2D eigenvalue weighted by atomic mass is 10.2. The molecule has 9 heteroatoms. The number of rotatable bonds is 5. The van der Waals surface area contributed by atoms with E-state index in [4.69, 9.17) is 44.3 Å². The van der Waals surface area contributed by atoms with Crippen molar-refractivity contribution in [3.05, 3.63) is 100 Å². The lowest BCUT2D eigenvalue weighted by Gasteiger charge is -2.08. The fourth-order valence-corrected chi connectivity index (χ4v) is 4.22. The van der Waals surface area contributed by atoms with Gasteiger partial charge in [-0.3, -0.25) is 10.1 Å². The molecule has 0 aliphatic rings. The number of fused-ring (bicyclic) bond motifs is 1. The number of hydrogen-bond donors (Lipinski definition) is 2. The van der Waals surface area contributed by atoms with Gasteiger partial charge in [0.15, 0.2) is 10.7 Å². The summed E-state index contributed by atoms with van der Waals surface area (Å²) in [6, 6.07) is 22.0. The maximum atomic E-state index is 12.3. The number of carbonyl (C=O) groups is 1. The summed E-state index contributed by atoms with van der Waals surface area (Å²) in [7, 11) is 0. The van der Waals surface area contributed by atoms with Crippen molar-refractivity contribution in [2.24, 2.45) is 0 Å². The number of carbonyl (C=O) groups excluding carboxylic acids is 1. The monoisotopic (exact) mass is 547 g/mol. The summed E-state index contributed by atoms with van der Waals surface area (Å²) in [5.41, 5.74) is 4.87. The number of nitrogens with zero attached hydrogens (tertiary/aromatic N) is 1. The van der Waals surface area contributed by atoms with Crippen LogP contribution in [-0.4, -0.2) is 16.0 Å². The van der Waals surface area contributed by atoms with Gasteiger partial charge in [0, 0.05) is 22.9 Å². The van der Waals surface area contributed by atoms with Crippen LogP contribution in [0.4, 0.5) is 5.69 Å². The minimum Gasteiger partial charge on any atom is -0.457 e. The molecule has 0 saturated heterocycles. The molecule has 5 rings (SSSR count). The molecule has 184 valence electrons. The van der Waals surface area contributed by atoms with Crippen LogP contribution in [0.1, 0.15) is 11.3 Å². The second-order valence-corrected chi connectivity index (χ2v) is 9.34. The molecule has 5 aromatic rings. The summed E-state index contributed by atoms with van der Waals surface area (Å²) in [4.78, 5) is 16.9. The zero-order valence-electron chi connectivity index (χ0n) is 19.4. The van der Waals surface area contributed by atoms with Gasteiger partial charge in [-0.1, -0.05) is 35.3 Å². The number of furan rings is 1. The molecule has 0 aliphatic carbocycles. The highest BCUT2D eigenvalue weighted by atomic mass is 35.5. The smallest absolute Gasteiger partial charge is 0.250 e. The molecule has 2 aromatic heterocycles. The van der Waals surface area contributed by atoms with E-state index in [0.29, 0.717) is 38.7 Å². The first kappa shape index (κ1) is 24.8. The first-order chi connectivity index (χ1) is 17.9. The molecule has 0 bridgehead atoms. The van der Waals surface area contributed by atoms with Crippen molar-refractivity contribution >= 4 is 69.3 Å². The number of hydrogen-bond acceptors (Lipinski definition) is 5. The molecular weight excluding hydrogens is 529 g/mol. The van der Waals surface area contributed by atoms with Gasteiger partial charge in [-0.25, -0.2) is 4.98 Å². The van der Waals surface area contributed by atoms with Crippen LogP contribution >= 0.6 is 35.4 Å². The molecule has 6 nitrogen and oxygen atoms in total. The highest BCUT2D eigenvalue weighted by molar-refractivity contribution is 7.80. The molecule has 0 atom stereocenters. The van der Waals surface area contributed by atoms with Crippen molar-refractivity contribution in [2.75, 3.05) is 5.32 Å². The minimum absolute atomic E-state index is 0.158.